The molecule has 0 bridgehead atoms. The normalized spacial score (nSPS) is 15.5. The van der Waals surface area contributed by atoms with Crippen LogP contribution >= 0.6 is 11.6 Å². The van der Waals surface area contributed by atoms with E-state index in [2.05, 4.69) is 9.97 Å². The molecule has 0 aliphatic carbocycles. The Labute approximate surface area is 140 Å². The molecule has 0 radical (unpaired) electrons. The van der Waals surface area contributed by atoms with Gasteiger partial charge in [-0.2, -0.15) is 4.98 Å². The van der Waals surface area contributed by atoms with Crippen LogP contribution in [0.5, 0.6) is 5.88 Å². The molecular formula is C17H18ClN3O2. The number of halogens is 1. The number of carbonyl (C=O) groups excluding carboxylic acids is 1. The van der Waals surface area contributed by atoms with E-state index in [1.165, 1.54) is 0 Å². The molecule has 1 amide bonds. The van der Waals surface area contributed by atoms with E-state index in [1.807, 2.05) is 24.0 Å². The topological polar surface area (TPSA) is 55.3 Å². The van der Waals surface area contributed by atoms with Gasteiger partial charge >= 0.3 is 0 Å². The van der Waals surface area contributed by atoms with E-state index in [0.29, 0.717) is 35.4 Å². The van der Waals surface area contributed by atoms with Crippen LogP contribution in [-0.2, 0) is 0 Å². The lowest BCUT2D eigenvalue weighted by atomic mass is 10.1. The standard InChI is InChI=1S/C17H18ClN3O2/c1-12-19-9-6-16(20-12)23-13-7-10-21(11-8-13)17(22)14-4-2-3-5-15(14)18/h2-6,9,13H,7-8,10-11H2,1H3. The fourth-order valence-electron chi connectivity index (χ4n) is 2.65. The van der Waals surface area contributed by atoms with Crippen molar-refractivity contribution in [1.29, 1.82) is 0 Å². The van der Waals surface area contributed by atoms with Crippen LogP contribution in [0.1, 0.15) is 29.0 Å². The Bertz CT molecular complexity index is 700. The first-order valence-corrected chi connectivity index (χ1v) is 8.01. The van der Waals surface area contributed by atoms with Crippen molar-refractivity contribution in [1.82, 2.24) is 14.9 Å². The number of rotatable bonds is 3. The molecule has 23 heavy (non-hydrogen) atoms. The number of hydrogen-bond acceptors (Lipinski definition) is 4. The molecule has 1 aromatic heterocycles. The van der Waals surface area contributed by atoms with Crippen molar-refractivity contribution >= 4 is 17.5 Å². The second-order valence-corrected chi connectivity index (χ2v) is 5.94. The summed E-state index contributed by atoms with van der Waals surface area (Å²) in [6, 6.07) is 8.91. The van der Waals surface area contributed by atoms with Crippen LogP contribution in [0.3, 0.4) is 0 Å². The first-order valence-electron chi connectivity index (χ1n) is 7.63. The average molecular weight is 332 g/mol. The van der Waals surface area contributed by atoms with Gasteiger partial charge in [0, 0.05) is 38.2 Å². The molecule has 3 rings (SSSR count). The van der Waals surface area contributed by atoms with Gasteiger partial charge in [0.25, 0.3) is 5.91 Å². The number of nitrogens with zero attached hydrogens (tertiary/aromatic N) is 3. The quantitative estimate of drug-likeness (QED) is 0.867. The van der Waals surface area contributed by atoms with Crippen LogP contribution in [0.4, 0.5) is 0 Å². The number of hydrogen-bond donors (Lipinski definition) is 0. The summed E-state index contributed by atoms with van der Waals surface area (Å²) in [6.45, 7) is 3.13. The first-order chi connectivity index (χ1) is 11.1. The van der Waals surface area contributed by atoms with E-state index >= 15 is 0 Å². The van der Waals surface area contributed by atoms with Crippen molar-refractivity contribution in [2.75, 3.05) is 13.1 Å². The third-order valence-electron chi connectivity index (χ3n) is 3.87. The number of piperidine rings is 1. The van der Waals surface area contributed by atoms with Crippen molar-refractivity contribution in [3.05, 3.63) is 52.9 Å². The Morgan fingerprint density at radius 2 is 2.00 bits per heavy atom. The highest BCUT2D eigenvalue weighted by Gasteiger charge is 2.25. The molecule has 2 aromatic rings. The number of benzene rings is 1. The zero-order valence-electron chi connectivity index (χ0n) is 12.9. The SMILES string of the molecule is Cc1nccc(OC2CCN(C(=O)c3ccccc3Cl)CC2)n1. The maximum atomic E-state index is 12.5. The van der Waals surface area contributed by atoms with E-state index < -0.39 is 0 Å². The minimum atomic E-state index is -0.0214. The van der Waals surface area contributed by atoms with E-state index in [1.54, 1.807) is 24.4 Å². The van der Waals surface area contributed by atoms with Gasteiger partial charge in [0.2, 0.25) is 5.88 Å². The van der Waals surface area contributed by atoms with Gasteiger partial charge in [-0.1, -0.05) is 23.7 Å². The molecule has 6 heteroatoms. The second kappa shape index (κ2) is 6.96. The van der Waals surface area contributed by atoms with Gasteiger partial charge in [0.15, 0.2) is 0 Å². The predicted octanol–water partition coefficient (Wildman–Crippen LogP) is 3.12. The second-order valence-electron chi connectivity index (χ2n) is 5.53. The Kier molecular flexibility index (Phi) is 4.76. The number of carbonyl (C=O) groups is 1. The average Bonchev–Trinajstić information content (AvgIpc) is 2.55. The Morgan fingerprint density at radius 1 is 1.26 bits per heavy atom. The number of likely N-dealkylation sites (tertiary alicyclic amines) is 1. The number of ether oxygens (including phenoxy) is 1. The number of aromatic nitrogens is 2. The van der Waals surface area contributed by atoms with Crippen LogP contribution < -0.4 is 4.74 Å². The highest BCUT2D eigenvalue weighted by Crippen LogP contribution is 2.21. The zero-order valence-corrected chi connectivity index (χ0v) is 13.7. The predicted molar refractivity (Wildman–Crippen MR) is 87.8 cm³/mol. The summed E-state index contributed by atoms with van der Waals surface area (Å²) >= 11 is 6.10. The molecule has 0 atom stereocenters. The summed E-state index contributed by atoms with van der Waals surface area (Å²) in [5.74, 6) is 1.26. The Morgan fingerprint density at radius 3 is 2.70 bits per heavy atom. The fraction of sp³-hybridized carbons (Fsp3) is 0.353. The smallest absolute Gasteiger partial charge is 0.255 e. The molecular weight excluding hydrogens is 314 g/mol. The molecule has 1 aliphatic heterocycles. The van der Waals surface area contributed by atoms with Gasteiger partial charge in [0.1, 0.15) is 11.9 Å². The molecule has 2 heterocycles. The van der Waals surface area contributed by atoms with Crippen LogP contribution in [0.2, 0.25) is 5.02 Å². The van der Waals surface area contributed by atoms with E-state index in [0.717, 1.165) is 12.8 Å². The lowest BCUT2D eigenvalue weighted by Crippen LogP contribution is -2.42. The van der Waals surface area contributed by atoms with Gasteiger partial charge in [-0.15, -0.1) is 0 Å². The summed E-state index contributed by atoms with van der Waals surface area (Å²) < 4.78 is 5.88. The third-order valence-corrected chi connectivity index (χ3v) is 4.20. The summed E-state index contributed by atoms with van der Waals surface area (Å²) in [6.07, 6.45) is 3.31. The lowest BCUT2D eigenvalue weighted by Gasteiger charge is -2.32. The summed E-state index contributed by atoms with van der Waals surface area (Å²) in [5.41, 5.74) is 0.556. The van der Waals surface area contributed by atoms with Crippen molar-refractivity contribution in [3.8, 4) is 5.88 Å². The zero-order chi connectivity index (χ0) is 16.2. The van der Waals surface area contributed by atoms with Crippen LogP contribution in [-0.4, -0.2) is 40.0 Å². The van der Waals surface area contributed by atoms with Crippen LogP contribution in [0, 0.1) is 6.92 Å². The van der Waals surface area contributed by atoms with Crippen molar-refractivity contribution in [2.45, 2.75) is 25.9 Å². The molecule has 0 N–H and O–H groups in total. The minimum absolute atomic E-state index is 0.0214. The van der Waals surface area contributed by atoms with Gasteiger partial charge in [-0.3, -0.25) is 4.79 Å². The molecule has 1 saturated heterocycles. The summed E-state index contributed by atoms with van der Waals surface area (Å²) in [4.78, 5) is 22.6. The monoisotopic (exact) mass is 331 g/mol. The molecule has 0 unspecified atom stereocenters. The van der Waals surface area contributed by atoms with Crippen molar-refractivity contribution < 1.29 is 9.53 Å². The highest BCUT2D eigenvalue weighted by molar-refractivity contribution is 6.33. The molecule has 0 spiro atoms. The number of aryl methyl sites for hydroxylation is 1. The Balaban J connectivity index is 1.58. The largest absolute Gasteiger partial charge is 0.474 e. The lowest BCUT2D eigenvalue weighted by molar-refractivity contribution is 0.0587. The van der Waals surface area contributed by atoms with Crippen molar-refractivity contribution in [2.24, 2.45) is 0 Å². The summed E-state index contributed by atoms with van der Waals surface area (Å²) in [5, 5.41) is 0.493. The van der Waals surface area contributed by atoms with Gasteiger partial charge in [0.05, 0.1) is 10.6 Å². The van der Waals surface area contributed by atoms with Gasteiger partial charge in [-0.05, 0) is 19.1 Å². The highest BCUT2D eigenvalue weighted by atomic mass is 35.5. The van der Waals surface area contributed by atoms with Gasteiger partial charge in [-0.25, -0.2) is 4.98 Å². The van der Waals surface area contributed by atoms with E-state index in [-0.39, 0.29) is 12.0 Å². The number of amides is 1. The molecule has 1 aliphatic rings. The fourth-order valence-corrected chi connectivity index (χ4v) is 2.87. The molecule has 5 nitrogen and oxygen atoms in total. The van der Waals surface area contributed by atoms with E-state index in [9.17, 15) is 4.79 Å². The Hall–Kier alpha value is -2.14. The van der Waals surface area contributed by atoms with Crippen LogP contribution in [0.25, 0.3) is 0 Å². The van der Waals surface area contributed by atoms with Crippen molar-refractivity contribution in [3.63, 3.8) is 0 Å². The molecule has 120 valence electrons. The maximum absolute atomic E-state index is 12.5. The first kappa shape index (κ1) is 15.7. The maximum Gasteiger partial charge on any atom is 0.255 e. The molecule has 1 aromatic carbocycles. The third kappa shape index (κ3) is 3.79. The molecule has 0 saturated carbocycles. The van der Waals surface area contributed by atoms with Gasteiger partial charge < -0.3 is 9.64 Å². The molecule has 1 fully saturated rings. The van der Waals surface area contributed by atoms with E-state index in [4.69, 9.17) is 16.3 Å². The van der Waals surface area contributed by atoms with Crippen LogP contribution in [0.15, 0.2) is 36.5 Å². The summed E-state index contributed by atoms with van der Waals surface area (Å²) in [7, 11) is 0. The minimum Gasteiger partial charge on any atom is -0.474 e.